The summed E-state index contributed by atoms with van der Waals surface area (Å²) in [5.74, 6) is -1.38. The molecule has 3 N–H and O–H groups in total. The van der Waals surface area contributed by atoms with Crippen LogP contribution in [0.25, 0.3) is 0 Å². The molecule has 2 aromatic carbocycles. The average Bonchev–Trinajstić information content (AvgIpc) is 2.47. The van der Waals surface area contributed by atoms with Crippen molar-refractivity contribution in [1.82, 2.24) is 5.32 Å². The summed E-state index contributed by atoms with van der Waals surface area (Å²) in [7, 11) is 0. The highest BCUT2D eigenvalue weighted by Gasteiger charge is 2.15. The Kier molecular flexibility index (Phi) is 4.23. The minimum atomic E-state index is -1.08. The van der Waals surface area contributed by atoms with Crippen LogP contribution in [0.1, 0.15) is 39.2 Å². The number of carboxylic acids is 1. The lowest BCUT2D eigenvalue weighted by atomic mass is 10.1. The molecule has 0 aromatic heterocycles. The van der Waals surface area contributed by atoms with Gasteiger partial charge in [0.25, 0.3) is 5.91 Å². The van der Waals surface area contributed by atoms with Crippen molar-refractivity contribution in [3.05, 3.63) is 65.2 Å². The molecule has 0 aliphatic heterocycles. The van der Waals surface area contributed by atoms with E-state index in [2.05, 4.69) is 5.32 Å². The summed E-state index contributed by atoms with van der Waals surface area (Å²) >= 11 is 0. The Labute approximate surface area is 121 Å². The molecule has 0 saturated carbocycles. The van der Waals surface area contributed by atoms with E-state index in [1.165, 1.54) is 18.2 Å². The van der Waals surface area contributed by atoms with Gasteiger partial charge in [0, 0.05) is 11.1 Å². The Morgan fingerprint density at radius 1 is 1.05 bits per heavy atom. The molecule has 0 heterocycles. The topological polar surface area (TPSA) is 86.6 Å². The van der Waals surface area contributed by atoms with Crippen LogP contribution in [0.3, 0.4) is 0 Å². The number of para-hydroxylation sites is 1. The first-order chi connectivity index (χ1) is 9.99. The number of carbonyl (C=O) groups is 2. The Morgan fingerprint density at radius 2 is 1.71 bits per heavy atom. The predicted octanol–water partition coefficient (Wildman–Crippen LogP) is 2.58. The Balaban J connectivity index is 2.16. The van der Waals surface area contributed by atoms with Crippen molar-refractivity contribution in [3.63, 3.8) is 0 Å². The van der Waals surface area contributed by atoms with Crippen LogP contribution in [0.4, 0.5) is 0 Å². The van der Waals surface area contributed by atoms with Crippen LogP contribution in [0.15, 0.2) is 48.5 Å². The summed E-state index contributed by atoms with van der Waals surface area (Å²) in [6, 6.07) is 12.1. The van der Waals surface area contributed by atoms with Gasteiger partial charge in [-0.3, -0.25) is 4.79 Å². The summed E-state index contributed by atoms with van der Waals surface area (Å²) in [6.45, 7) is 1.74. The molecular formula is C16H15NO4. The van der Waals surface area contributed by atoms with Gasteiger partial charge >= 0.3 is 5.97 Å². The third kappa shape index (κ3) is 3.39. The fraction of sp³-hybridized carbons (Fsp3) is 0.125. The van der Waals surface area contributed by atoms with Crippen molar-refractivity contribution in [2.75, 3.05) is 0 Å². The lowest BCUT2D eigenvalue weighted by molar-refractivity contribution is 0.0697. The second kappa shape index (κ2) is 6.09. The molecule has 108 valence electrons. The number of carboxylic acid groups (broad SMARTS) is 1. The number of amides is 1. The van der Waals surface area contributed by atoms with Crippen LogP contribution in [-0.4, -0.2) is 22.1 Å². The van der Waals surface area contributed by atoms with Gasteiger partial charge in [-0.15, -0.1) is 0 Å². The normalized spacial score (nSPS) is 11.7. The molecular weight excluding hydrogens is 270 g/mol. The van der Waals surface area contributed by atoms with Gasteiger partial charge in [-0.1, -0.05) is 24.3 Å². The number of hydrogen-bond acceptors (Lipinski definition) is 3. The minimum Gasteiger partial charge on any atom is -0.508 e. The highest BCUT2D eigenvalue weighted by molar-refractivity contribution is 5.97. The summed E-state index contributed by atoms with van der Waals surface area (Å²) < 4.78 is 0. The highest BCUT2D eigenvalue weighted by atomic mass is 16.4. The van der Waals surface area contributed by atoms with Gasteiger partial charge in [-0.25, -0.2) is 4.79 Å². The maximum absolute atomic E-state index is 12.1. The van der Waals surface area contributed by atoms with Crippen LogP contribution in [-0.2, 0) is 0 Å². The summed E-state index contributed by atoms with van der Waals surface area (Å²) in [4.78, 5) is 23.0. The van der Waals surface area contributed by atoms with Crippen LogP contribution in [0.2, 0.25) is 0 Å². The molecule has 5 heteroatoms. The number of aromatic carboxylic acids is 1. The number of aromatic hydroxyl groups is 1. The van der Waals surface area contributed by atoms with Crippen LogP contribution >= 0.6 is 0 Å². The molecule has 0 unspecified atom stereocenters. The third-order valence-electron chi connectivity index (χ3n) is 3.12. The van der Waals surface area contributed by atoms with Gasteiger partial charge in [-0.05, 0) is 31.2 Å². The van der Waals surface area contributed by atoms with Gasteiger partial charge in [0.1, 0.15) is 5.75 Å². The first kappa shape index (κ1) is 14.6. The van der Waals surface area contributed by atoms with Crippen LogP contribution < -0.4 is 5.32 Å². The Bertz CT molecular complexity index is 681. The monoisotopic (exact) mass is 285 g/mol. The fourth-order valence-corrected chi connectivity index (χ4v) is 2.00. The zero-order chi connectivity index (χ0) is 15.4. The maximum atomic E-state index is 12.1. The lowest BCUT2D eigenvalue weighted by Crippen LogP contribution is -2.26. The first-order valence-corrected chi connectivity index (χ1v) is 6.41. The highest BCUT2D eigenvalue weighted by Crippen LogP contribution is 2.23. The van der Waals surface area contributed by atoms with Crippen molar-refractivity contribution in [3.8, 4) is 5.75 Å². The molecule has 0 aliphatic rings. The fourth-order valence-electron chi connectivity index (χ4n) is 2.00. The van der Waals surface area contributed by atoms with E-state index in [4.69, 9.17) is 5.11 Å². The number of phenolic OH excluding ortho intramolecular Hbond substituents is 1. The maximum Gasteiger partial charge on any atom is 0.335 e. The minimum absolute atomic E-state index is 0.0536. The SMILES string of the molecule is C[C@H](NC(=O)c1cccc(C(=O)O)c1)c1ccccc1O. The quantitative estimate of drug-likeness (QED) is 0.805. The van der Waals surface area contributed by atoms with E-state index in [0.717, 1.165) is 0 Å². The third-order valence-corrected chi connectivity index (χ3v) is 3.12. The summed E-state index contributed by atoms with van der Waals surface area (Å²) in [6.07, 6.45) is 0. The van der Waals surface area contributed by atoms with E-state index < -0.39 is 17.9 Å². The van der Waals surface area contributed by atoms with E-state index in [1.807, 2.05) is 0 Å². The van der Waals surface area contributed by atoms with Crippen LogP contribution in [0, 0.1) is 0 Å². The van der Waals surface area contributed by atoms with Crippen molar-refractivity contribution in [2.45, 2.75) is 13.0 Å². The average molecular weight is 285 g/mol. The van der Waals surface area contributed by atoms with E-state index in [9.17, 15) is 14.7 Å². The number of phenols is 1. The Hall–Kier alpha value is -2.82. The second-order valence-electron chi connectivity index (χ2n) is 4.64. The van der Waals surface area contributed by atoms with E-state index >= 15 is 0 Å². The zero-order valence-electron chi connectivity index (χ0n) is 11.4. The first-order valence-electron chi connectivity index (χ1n) is 6.41. The molecule has 2 rings (SSSR count). The van der Waals surface area contributed by atoms with Crippen molar-refractivity contribution in [1.29, 1.82) is 0 Å². The standard InChI is InChI=1S/C16H15NO4/c1-10(13-7-2-3-8-14(13)18)17-15(19)11-5-4-6-12(9-11)16(20)21/h2-10,18H,1H3,(H,17,19)(H,20,21)/t10-/m0/s1. The smallest absolute Gasteiger partial charge is 0.335 e. The number of nitrogens with one attached hydrogen (secondary N) is 1. The molecule has 5 nitrogen and oxygen atoms in total. The van der Waals surface area contributed by atoms with E-state index in [1.54, 1.807) is 37.3 Å². The molecule has 0 radical (unpaired) electrons. The number of hydrogen-bond donors (Lipinski definition) is 3. The Morgan fingerprint density at radius 3 is 2.38 bits per heavy atom. The largest absolute Gasteiger partial charge is 0.508 e. The van der Waals surface area contributed by atoms with Crippen molar-refractivity contribution in [2.24, 2.45) is 0 Å². The summed E-state index contributed by atoms with van der Waals surface area (Å²) in [5.41, 5.74) is 0.912. The van der Waals surface area contributed by atoms with Gasteiger partial charge in [-0.2, -0.15) is 0 Å². The molecule has 1 amide bonds. The molecule has 21 heavy (non-hydrogen) atoms. The molecule has 0 spiro atoms. The molecule has 0 bridgehead atoms. The summed E-state index contributed by atoms with van der Waals surface area (Å²) in [5, 5.41) is 21.4. The second-order valence-corrected chi connectivity index (χ2v) is 4.64. The van der Waals surface area contributed by atoms with Crippen LogP contribution in [0.5, 0.6) is 5.75 Å². The predicted molar refractivity (Wildman–Crippen MR) is 77.4 cm³/mol. The molecule has 0 aliphatic carbocycles. The molecule has 0 saturated heterocycles. The van der Waals surface area contributed by atoms with E-state index in [-0.39, 0.29) is 16.9 Å². The van der Waals surface area contributed by atoms with Gasteiger partial charge < -0.3 is 15.5 Å². The molecule has 1 atom stereocenters. The van der Waals surface area contributed by atoms with Crippen molar-refractivity contribution >= 4 is 11.9 Å². The van der Waals surface area contributed by atoms with Gasteiger partial charge in [0.2, 0.25) is 0 Å². The zero-order valence-corrected chi connectivity index (χ0v) is 11.4. The molecule has 2 aromatic rings. The number of carbonyl (C=O) groups excluding carboxylic acids is 1. The number of rotatable bonds is 4. The molecule has 0 fully saturated rings. The lowest BCUT2D eigenvalue weighted by Gasteiger charge is -2.15. The number of benzene rings is 2. The van der Waals surface area contributed by atoms with E-state index in [0.29, 0.717) is 5.56 Å². The van der Waals surface area contributed by atoms with Gasteiger partial charge in [0.05, 0.1) is 11.6 Å². The van der Waals surface area contributed by atoms with Gasteiger partial charge in [0.15, 0.2) is 0 Å². The van der Waals surface area contributed by atoms with Crippen molar-refractivity contribution < 1.29 is 19.8 Å².